The van der Waals surface area contributed by atoms with E-state index in [0.717, 1.165) is 69.7 Å². The number of rotatable bonds is 9. The minimum atomic E-state index is 0. The van der Waals surface area contributed by atoms with Gasteiger partial charge < -0.3 is 20.1 Å². The second-order valence-corrected chi connectivity index (χ2v) is 5.75. The van der Waals surface area contributed by atoms with Gasteiger partial charge in [0, 0.05) is 45.9 Å². The highest BCUT2D eigenvalue weighted by molar-refractivity contribution is 14.0. The Morgan fingerprint density at radius 2 is 2.24 bits per heavy atom. The summed E-state index contributed by atoms with van der Waals surface area (Å²) in [6.45, 7) is 8.46. The van der Waals surface area contributed by atoms with Gasteiger partial charge in [0.2, 0.25) is 0 Å². The third-order valence-corrected chi connectivity index (χ3v) is 3.78. The van der Waals surface area contributed by atoms with Crippen LogP contribution < -0.4 is 10.6 Å². The Hall–Kier alpha value is -0.940. The van der Waals surface area contributed by atoms with Crippen LogP contribution in [0.4, 0.5) is 0 Å². The topological polar surface area (TPSA) is 85.6 Å². The van der Waals surface area contributed by atoms with Crippen molar-refractivity contribution in [3.8, 4) is 0 Å². The Morgan fingerprint density at radius 1 is 1.40 bits per heavy atom. The van der Waals surface area contributed by atoms with Gasteiger partial charge in [0.15, 0.2) is 11.8 Å². The standard InChI is InChI=1S/C16H30N6O2.HI/c1-4-17-16(18-9-6-10-24-5-2)19-13-7-8-15-20-14(12-23-3)21-22(15)11-13;/h13H,4-12H2,1-3H3,(H2,17,18,19);1H. The zero-order chi connectivity index (χ0) is 17.2. The van der Waals surface area contributed by atoms with Crippen LogP contribution in [0.2, 0.25) is 0 Å². The predicted octanol–water partition coefficient (Wildman–Crippen LogP) is 1.34. The lowest BCUT2D eigenvalue weighted by atomic mass is 10.1. The number of nitrogens with zero attached hydrogens (tertiary/aromatic N) is 4. The molecule has 1 unspecified atom stereocenters. The maximum atomic E-state index is 5.35. The maximum Gasteiger partial charge on any atom is 0.191 e. The summed E-state index contributed by atoms with van der Waals surface area (Å²) in [6.07, 6.45) is 2.87. The summed E-state index contributed by atoms with van der Waals surface area (Å²) < 4.78 is 12.4. The van der Waals surface area contributed by atoms with Crippen LogP contribution in [0.25, 0.3) is 0 Å². The van der Waals surface area contributed by atoms with Crippen molar-refractivity contribution in [2.24, 2.45) is 4.99 Å². The number of aromatic nitrogens is 3. The largest absolute Gasteiger partial charge is 0.382 e. The normalized spacial score (nSPS) is 16.9. The van der Waals surface area contributed by atoms with Crippen LogP contribution in [0, 0.1) is 0 Å². The summed E-state index contributed by atoms with van der Waals surface area (Å²) in [7, 11) is 1.66. The average Bonchev–Trinajstić information content (AvgIpc) is 2.97. The van der Waals surface area contributed by atoms with Gasteiger partial charge >= 0.3 is 0 Å². The molecule has 0 amide bonds. The number of guanidine groups is 1. The first-order valence-corrected chi connectivity index (χ1v) is 8.80. The van der Waals surface area contributed by atoms with Gasteiger partial charge in [-0.15, -0.1) is 24.0 Å². The molecule has 2 N–H and O–H groups in total. The molecule has 8 nitrogen and oxygen atoms in total. The first-order valence-electron chi connectivity index (χ1n) is 8.80. The van der Waals surface area contributed by atoms with Crippen molar-refractivity contribution in [3.05, 3.63) is 11.6 Å². The monoisotopic (exact) mass is 466 g/mol. The van der Waals surface area contributed by atoms with Crippen molar-refractivity contribution in [1.82, 2.24) is 25.4 Å². The molecule has 1 atom stereocenters. The van der Waals surface area contributed by atoms with Crippen molar-refractivity contribution in [2.45, 2.75) is 52.3 Å². The highest BCUT2D eigenvalue weighted by Crippen LogP contribution is 2.13. The Labute approximate surface area is 167 Å². The van der Waals surface area contributed by atoms with Gasteiger partial charge in [-0.25, -0.2) is 9.67 Å². The molecule has 0 radical (unpaired) electrons. The summed E-state index contributed by atoms with van der Waals surface area (Å²) in [5.74, 6) is 2.66. The molecule has 2 rings (SSSR count). The molecular formula is C16H31IN6O2. The molecule has 0 aliphatic carbocycles. The zero-order valence-electron chi connectivity index (χ0n) is 15.5. The van der Waals surface area contributed by atoms with Crippen LogP contribution in [-0.4, -0.2) is 60.2 Å². The molecule has 1 aliphatic rings. The second kappa shape index (κ2) is 12.4. The molecule has 25 heavy (non-hydrogen) atoms. The highest BCUT2D eigenvalue weighted by atomic mass is 127. The zero-order valence-corrected chi connectivity index (χ0v) is 17.8. The molecule has 0 aromatic carbocycles. The van der Waals surface area contributed by atoms with E-state index in [1.165, 1.54) is 0 Å². The summed E-state index contributed by atoms with van der Waals surface area (Å²) in [4.78, 5) is 9.13. The van der Waals surface area contributed by atoms with E-state index in [4.69, 9.17) is 9.47 Å². The van der Waals surface area contributed by atoms with E-state index in [2.05, 4.69) is 32.6 Å². The lowest BCUT2D eigenvalue weighted by Crippen LogP contribution is -2.47. The van der Waals surface area contributed by atoms with Crippen molar-refractivity contribution in [3.63, 3.8) is 0 Å². The minimum absolute atomic E-state index is 0. The molecule has 1 aliphatic heterocycles. The van der Waals surface area contributed by atoms with Crippen LogP contribution in [0.3, 0.4) is 0 Å². The molecule has 9 heteroatoms. The first kappa shape index (κ1) is 22.1. The van der Waals surface area contributed by atoms with E-state index in [1.54, 1.807) is 7.11 Å². The number of nitrogens with one attached hydrogen (secondary N) is 2. The molecule has 2 heterocycles. The summed E-state index contributed by atoms with van der Waals surface area (Å²) in [6, 6.07) is 0.305. The molecule has 0 fully saturated rings. The van der Waals surface area contributed by atoms with E-state index in [1.807, 2.05) is 11.6 Å². The number of aryl methyl sites for hydroxylation is 1. The number of aliphatic imine (C=N–C) groups is 1. The third-order valence-electron chi connectivity index (χ3n) is 3.78. The molecular weight excluding hydrogens is 435 g/mol. The van der Waals surface area contributed by atoms with Crippen molar-refractivity contribution in [1.29, 1.82) is 0 Å². The molecule has 0 spiro atoms. The van der Waals surface area contributed by atoms with Crippen LogP contribution in [0.1, 0.15) is 38.3 Å². The van der Waals surface area contributed by atoms with E-state index in [0.29, 0.717) is 12.6 Å². The minimum Gasteiger partial charge on any atom is -0.382 e. The lowest BCUT2D eigenvalue weighted by molar-refractivity contribution is 0.146. The molecule has 1 aromatic heterocycles. The van der Waals surface area contributed by atoms with Gasteiger partial charge in [0.1, 0.15) is 12.4 Å². The van der Waals surface area contributed by atoms with Crippen LogP contribution in [-0.2, 0) is 29.0 Å². The van der Waals surface area contributed by atoms with Gasteiger partial charge in [-0.3, -0.25) is 4.99 Å². The van der Waals surface area contributed by atoms with Crippen LogP contribution in [0.15, 0.2) is 4.99 Å². The number of hydrogen-bond donors (Lipinski definition) is 2. The second-order valence-electron chi connectivity index (χ2n) is 5.75. The number of ether oxygens (including phenoxy) is 2. The number of halogens is 1. The molecule has 144 valence electrons. The van der Waals surface area contributed by atoms with E-state index < -0.39 is 0 Å². The van der Waals surface area contributed by atoms with Gasteiger partial charge in [0.25, 0.3) is 0 Å². The Balaban J connectivity index is 0.00000312. The molecule has 0 bridgehead atoms. The molecule has 0 saturated carbocycles. The molecule has 1 aromatic rings. The number of hydrogen-bond acceptors (Lipinski definition) is 5. The third kappa shape index (κ3) is 7.45. The van der Waals surface area contributed by atoms with Crippen molar-refractivity contribution >= 4 is 29.9 Å². The number of methoxy groups -OCH3 is 1. The molecule has 0 saturated heterocycles. The summed E-state index contributed by atoms with van der Waals surface area (Å²) in [5.41, 5.74) is 0. The first-order chi connectivity index (χ1) is 11.8. The van der Waals surface area contributed by atoms with Crippen molar-refractivity contribution < 1.29 is 9.47 Å². The van der Waals surface area contributed by atoms with Gasteiger partial charge in [-0.05, 0) is 26.7 Å². The Bertz CT molecular complexity index is 523. The SMILES string of the molecule is CCNC(=NCCCOCC)NC1CCc2nc(COC)nn2C1.I. The fourth-order valence-electron chi connectivity index (χ4n) is 2.68. The summed E-state index contributed by atoms with van der Waals surface area (Å²) >= 11 is 0. The predicted molar refractivity (Wildman–Crippen MR) is 108 cm³/mol. The van der Waals surface area contributed by atoms with Gasteiger partial charge in [-0.2, -0.15) is 5.10 Å². The smallest absolute Gasteiger partial charge is 0.191 e. The van der Waals surface area contributed by atoms with E-state index in [9.17, 15) is 0 Å². The van der Waals surface area contributed by atoms with Crippen molar-refractivity contribution in [2.75, 3.05) is 33.4 Å². The number of fused-ring (bicyclic) bond motifs is 1. The lowest BCUT2D eigenvalue weighted by Gasteiger charge is -2.25. The van der Waals surface area contributed by atoms with Gasteiger partial charge in [0.05, 0.1) is 6.54 Å². The van der Waals surface area contributed by atoms with Crippen LogP contribution in [0.5, 0.6) is 0 Å². The Kier molecular flexibility index (Phi) is 11.0. The fraction of sp³-hybridized carbons (Fsp3) is 0.812. The average molecular weight is 466 g/mol. The quantitative estimate of drug-likeness (QED) is 0.247. The van der Waals surface area contributed by atoms with Gasteiger partial charge in [-0.1, -0.05) is 0 Å². The fourth-order valence-corrected chi connectivity index (χ4v) is 2.68. The highest BCUT2D eigenvalue weighted by Gasteiger charge is 2.22. The van der Waals surface area contributed by atoms with Crippen LogP contribution >= 0.6 is 24.0 Å². The van der Waals surface area contributed by atoms with E-state index in [-0.39, 0.29) is 24.0 Å². The Morgan fingerprint density at radius 3 is 2.96 bits per heavy atom. The van der Waals surface area contributed by atoms with E-state index >= 15 is 0 Å². The maximum absolute atomic E-state index is 5.35. The summed E-state index contributed by atoms with van der Waals surface area (Å²) in [5, 5.41) is 11.3.